The third kappa shape index (κ3) is 44.8. The van der Waals surface area contributed by atoms with E-state index in [-0.39, 0.29) is 19.4 Å². The lowest BCUT2D eigenvalue weighted by Crippen LogP contribution is -2.29. The Kier molecular flexibility index (Phi) is 44.7. The number of rotatable bonds is 48. The minimum absolute atomic E-state index is 0.106. The first-order chi connectivity index (χ1) is 29.2. The zero-order valence-corrected chi connectivity index (χ0v) is 39.8. The average Bonchev–Trinajstić information content (AvgIpc) is 3.24. The summed E-state index contributed by atoms with van der Waals surface area (Å²) in [5.74, 6) is -0.966. The topological polar surface area (TPSA) is 149 Å². The van der Waals surface area contributed by atoms with Crippen molar-refractivity contribution in [3.63, 3.8) is 0 Å². The number of unbranched alkanes of at least 4 members (excludes halogenated alkanes) is 32. The molecular formula is C49H95O10P. The van der Waals surface area contributed by atoms with E-state index in [4.69, 9.17) is 23.6 Å². The molecule has 0 rings (SSSR count). The first-order valence-corrected chi connectivity index (χ1v) is 26.6. The summed E-state index contributed by atoms with van der Waals surface area (Å²) in [5.41, 5.74) is 0. The summed E-state index contributed by atoms with van der Waals surface area (Å²) in [7, 11) is -4.62. The fourth-order valence-electron chi connectivity index (χ4n) is 7.31. The lowest BCUT2D eigenvalue weighted by Gasteiger charge is -2.20. The van der Waals surface area contributed by atoms with Gasteiger partial charge < -0.3 is 24.6 Å². The molecule has 60 heavy (non-hydrogen) atoms. The lowest BCUT2D eigenvalue weighted by molar-refractivity contribution is -0.161. The number of aliphatic hydroxyl groups is 2. The van der Waals surface area contributed by atoms with Crippen LogP contribution in [0.3, 0.4) is 0 Å². The van der Waals surface area contributed by atoms with Crippen molar-refractivity contribution >= 4 is 19.8 Å². The van der Waals surface area contributed by atoms with Gasteiger partial charge in [0.2, 0.25) is 0 Å². The molecule has 3 atom stereocenters. The second kappa shape index (κ2) is 45.7. The van der Waals surface area contributed by atoms with E-state index >= 15 is 0 Å². The largest absolute Gasteiger partial charge is 0.472 e. The molecule has 0 aliphatic heterocycles. The molecule has 0 saturated heterocycles. The molecule has 0 bridgehead atoms. The van der Waals surface area contributed by atoms with Crippen LogP contribution in [0.25, 0.3) is 0 Å². The molecule has 11 heteroatoms. The predicted molar refractivity (Wildman–Crippen MR) is 247 cm³/mol. The van der Waals surface area contributed by atoms with Gasteiger partial charge in [-0.3, -0.25) is 18.6 Å². The maximum Gasteiger partial charge on any atom is 0.472 e. The van der Waals surface area contributed by atoms with Gasteiger partial charge in [0.15, 0.2) is 6.10 Å². The summed E-state index contributed by atoms with van der Waals surface area (Å²) in [6.45, 7) is 2.39. The Morgan fingerprint density at radius 3 is 1.27 bits per heavy atom. The minimum atomic E-state index is -4.62. The molecule has 0 spiro atoms. The number of ether oxygens (including phenoxy) is 2. The lowest BCUT2D eigenvalue weighted by atomic mass is 10.0. The quantitative estimate of drug-likeness (QED) is 0.0233. The summed E-state index contributed by atoms with van der Waals surface area (Å²) < 4.78 is 32.8. The summed E-state index contributed by atoms with van der Waals surface area (Å²) in [5, 5.41) is 18.4. The van der Waals surface area contributed by atoms with Gasteiger partial charge in [-0.05, 0) is 25.7 Å². The fraction of sp³-hybridized carbons (Fsp3) is 0.918. The number of allylic oxidation sites excluding steroid dienone is 2. The highest BCUT2D eigenvalue weighted by Gasteiger charge is 2.27. The van der Waals surface area contributed by atoms with Gasteiger partial charge in [0.25, 0.3) is 0 Å². The van der Waals surface area contributed by atoms with E-state index in [1.165, 1.54) is 180 Å². The number of esters is 2. The van der Waals surface area contributed by atoms with Crippen LogP contribution in [0.5, 0.6) is 0 Å². The van der Waals surface area contributed by atoms with Crippen molar-refractivity contribution in [2.75, 3.05) is 26.4 Å². The molecule has 356 valence electrons. The first kappa shape index (κ1) is 58.7. The van der Waals surface area contributed by atoms with Crippen molar-refractivity contribution in [3.8, 4) is 0 Å². The summed E-state index contributed by atoms with van der Waals surface area (Å²) in [6, 6.07) is 0. The number of phosphoric acid groups is 1. The summed E-state index contributed by atoms with van der Waals surface area (Å²) in [4.78, 5) is 35.1. The number of hydrogen-bond acceptors (Lipinski definition) is 9. The molecule has 0 aliphatic rings. The van der Waals surface area contributed by atoms with Crippen LogP contribution in [0, 0.1) is 0 Å². The van der Waals surface area contributed by atoms with E-state index < -0.39 is 51.8 Å². The Bertz CT molecular complexity index is 1010. The Morgan fingerprint density at radius 1 is 0.483 bits per heavy atom. The van der Waals surface area contributed by atoms with E-state index in [9.17, 15) is 24.2 Å². The van der Waals surface area contributed by atoms with E-state index in [0.717, 1.165) is 32.1 Å². The smallest absolute Gasteiger partial charge is 0.462 e. The Labute approximate surface area is 368 Å². The molecule has 0 aliphatic carbocycles. The number of phosphoric ester groups is 1. The molecule has 3 N–H and O–H groups in total. The second-order valence-corrected chi connectivity index (χ2v) is 18.7. The SMILES string of the molecule is CCCCCCCCCCCCC/C=C/CCC(=O)O[C@H](COC(=O)CCCCCCCCCCCCCCCCCCCCCCCC)COP(=O)(O)OC[C@H](O)CO. The molecule has 0 radical (unpaired) electrons. The molecule has 0 amide bonds. The van der Waals surface area contributed by atoms with Gasteiger partial charge >= 0.3 is 19.8 Å². The minimum Gasteiger partial charge on any atom is -0.462 e. The Morgan fingerprint density at radius 2 is 0.850 bits per heavy atom. The molecule has 0 saturated carbocycles. The van der Waals surface area contributed by atoms with Crippen molar-refractivity contribution in [2.24, 2.45) is 0 Å². The predicted octanol–water partition coefficient (Wildman–Crippen LogP) is 14.0. The highest BCUT2D eigenvalue weighted by Crippen LogP contribution is 2.43. The molecule has 1 unspecified atom stereocenters. The van der Waals surface area contributed by atoms with Crippen LogP contribution in [0.4, 0.5) is 0 Å². The number of hydrogen-bond donors (Lipinski definition) is 3. The zero-order valence-electron chi connectivity index (χ0n) is 38.9. The van der Waals surface area contributed by atoms with Gasteiger partial charge in [-0.15, -0.1) is 0 Å². The van der Waals surface area contributed by atoms with E-state index in [1.807, 2.05) is 6.08 Å². The first-order valence-electron chi connectivity index (χ1n) is 25.1. The van der Waals surface area contributed by atoms with E-state index in [0.29, 0.717) is 12.8 Å². The van der Waals surface area contributed by atoms with Gasteiger partial charge in [0, 0.05) is 12.8 Å². The Balaban J connectivity index is 4.14. The third-order valence-electron chi connectivity index (χ3n) is 11.2. The monoisotopic (exact) mass is 875 g/mol. The van der Waals surface area contributed by atoms with Crippen LogP contribution in [-0.4, -0.2) is 65.7 Å². The second-order valence-electron chi connectivity index (χ2n) is 17.2. The van der Waals surface area contributed by atoms with Crippen molar-refractivity contribution in [2.45, 2.75) is 264 Å². The fourth-order valence-corrected chi connectivity index (χ4v) is 8.10. The van der Waals surface area contributed by atoms with Gasteiger partial charge in [0.05, 0.1) is 19.8 Å². The molecule has 0 aromatic heterocycles. The van der Waals surface area contributed by atoms with Crippen molar-refractivity contribution < 1.29 is 47.8 Å². The maximum absolute atomic E-state index is 12.6. The molecular weight excluding hydrogens is 780 g/mol. The maximum atomic E-state index is 12.6. The van der Waals surface area contributed by atoms with Gasteiger partial charge in [-0.2, -0.15) is 0 Å². The molecule has 0 aromatic rings. The van der Waals surface area contributed by atoms with E-state index in [1.54, 1.807) is 0 Å². The van der Waals surface area contributed by atoms with Crippen molar-refractivity contribution in [1.82, 2.24) is 0 Å². The normalized spacial score (nSPS) is 13.8. The molecule has 0 fully saturated rings. The molecule has 10 nitrogen and oxygen atoms in total. The van der Waals surface area contributed by atoms with Gasteiger partial charge in [-0.25, -0.2) is 4.57 Å². The van der Waals surface area contributed by atoms with Gasteiger partial charge in [0.1, 0.15) is 12.7 Å². The number of carbonyl (C=O) groups excluding carboxylic acids is 2. The number of aliphatic hydroxyl groups excluding tert-OH is 2. The van der Waals surface area contributed by atoms with Gasteiger partial charge in [-0.1, -0.05) is 225 Å². The molecule has 0 heterocycles. The zero-order chi connectivity index (χ0) is 44.0. The van der Waals surface area contributed by atoms with Crippen LogP contribution in [-0.2, 0) is 32.7 Å². The summed E-state index contributed by atoms with van der Waals surface area (Å²) >= 11 is 0. The summed E-state index contributed by atoms with van der Waals surface area (Å²) in [6.07, 6.45) is 46.3. The van der Waals surface area contributed by atoms with Crippen molar-refractivity contribution in [3.05, 3.63) is 12.2 Å². The Hall–Kier alpha value is -1.29. The van der Waals surface area contributed by atoms with Crippen LogP contribution < -0.4 is 0 Å². The van der Waals surface area contributed by atoms with Crippen LogP contribution in [0.15, 0.2) is 12.2 Å². The number of carbonyl (C=O) groups is 2. The van der Waals surface area contributed by atoms with Crippen molar-refractivity contribution in [1.29, 1.82) is 0 Å². The molecule has 0 aromatic carbocycles. The van der Waals surface area contributed by atoms with E-state index in [2.05, 4.69) is 19.9 Å². The van der Waals surface area contributed by atoms with Crippen LogP contribution in [0.2, 0.25) is 0 Å². The van der Waals surface area contributed by atoms with Crippen LogP contribution >= 0.6 is 7.82 Å². The third-order valence-corrected chi connectivity index (χ3v) is 12.1. The standard InChI is InChI=1S/C49H95O10P/c1-3-5-7-9-11-13-15-17-19-20-21-22-23-24-25-27-28-30-32-34-36-38-40-48(52)56-44-47(45-58-60(54,55)57-43-46(51)42-50)59-49(53)41-39-37-35-33-31-29-26-18-16-14-12-10-8-6-4-2/h35,37,46-47,50-51H,3-34,36,38-45H2,1-2H3,(H,54,55)/b37-35+/t46-,47-/m1/s1. The highest BCUT2D eigenvalue weighted by molar-refractivity contribution is 7.47. The highest BCUT2D eigenvalue weighted by atomic mass is 31.2. The van der Waals surface area contributed by atoms with Crippen LogP contribution in [0.1, 0.15) is 251 Å². The average molecular weight is 875 g/mol.